The molecule has 0 aromatic carbocycles. The largest absolute Gasteiger partial charge is 0.468 e. The first kappa shape index (κ1) is 13.1. The van der Waals surface area contributed by atoms with Gasteiger partial charge in [0.25, 0.3) is 0 Å². The number of ether oxygens (including phenoxy) is 1. The lowest BCUT2D eigenvalue weighted by molar-refractivity contribution is -0.143. The molecule has 1 heterocycles. The molecule has 17 heavy (non-hydrogen) atoms. The zero-order valence-electron chi connectivity index (χ0n) is 9.35. The van der Waals surface area contributed by atoms with Crippen LogP contribution in [0, 0.1) is 5.92 Å². The lowest BCUT2D eigenvalue weighted by Gasteiger charge is -2.14. The van der Waals surface area contributed by atoms with Gasteiger partial charge in [-0.05, 0) is 23.4 Å². The Morgan fingerprint density at radius 2 is 2.06 bits per heavy atom. The summed E-state index contributed by atoms with van der Waals surface area (Å²) in [6, 6.07) is -0.599. The summed E-state index contributed by atoms with van der Waals surface area (Å²) in [7, 11) is 1.30. The molecular weight excluding hydrogens is 226 g/mol. The summed E-state index contributed by atoms with van der Waals surface area (Å²) in [6.07, 6.45) is 0.609. The van der Waals surface area contributed by atoms with Crippen LogP contribution in [0.25, 0.3) is 20.9 Å². The third-order valence-corrected chi connectivity index (χ3v) is 2.67. The maximum Gasteiger partial charge on any atom is 0.323 e. The predicted octanol–water partition coefficient (Wildman–Crippen LogP) is 1.13. The number of azide groups is 2. The van der Waals surface area contributed by atoms with Crippen molar-refractivity contribution in [3.8, 4) is 0 Å². The fourth-order valence-electron chi connectivity index (χ4n) is 1.93. The Kier molecular flexibility index (Phi) is 5.09. The van der Waals surface area contributed by atoms with Crippen LogP contribution >= 0.6 is 0 Å². The first-order valence-corrected chi connectivity index (χ1v) is 5.08. The molecule has 1 N–H and O–H groups in total. The van der Waals surface area contributed by atoms with E-state index in [2.05, 4.69) is 30.1 Å². The van der Waals surface area contributed by atoms with Crippen LogP contribution in [0.2, 0.25) is 0 Å². The summed E-state index contributed by atoms with van der Waals surface area (Å²) >= 11 is 0. The molecule has 0 radical (unpaired) electrons. The molecule has 1 aliphatic rings. The van der Waals surface area contributed by atoms with E-state index in [1.165, 1.54) is 7.11 Å². The van der Waals surface area contributed by atoms with E-state index in [-0.39, 0.29) is 25.0 Å². The van der Waals surface area contributed by atoms with Crippen LogP contribution in [0.4, 0.5) is 0 Å². The third-order valence-electron chi connectivity index (χ3n) is 2.67. The van der Waals surface area contributed by atoms with Crippen molar-refractivity contribution in [2.24, 2.45) is 16.1 Å². The minimum atomic E-state index is -0.510. The average molecular weight is 239 g/mol. The maximum absolute atomic E-state index is 11.5. The zero-order valence-corrected chi connectivity index (χ0v) is 9.35. The van der Waals surface area contributed by atoms with Gasteiger partial charge in [-0.15, -0.1) is 0 Å². The molecule has 9 nitrogen and oxygen atoms in total. The van der Waals surface area contributed by atoms with Crippen LogP contribution in [0.3, 0.4) is 0 Å². The second-order valence-electron chi connectivity index (χ2n) is 3.69. The Hall–Kier alpha value is -1.95. The Morgan fingerprint density at radius 1 is 1.41 bits per heavy atom. The number of methoxy groups -OCH3 is 1. The van der Waals surface area contributed by atoms with Crippen LogP contribution < -0.4 is 5.32 Å². The highest BCUT2D eigenvalue weighted by molar-refractivity contribution is 5.76. The number of nitrogens with zero attached hydrogens (tertiary/aromatic N) is 6. The number of carbonyl (C=O) groups is 1. The molecule has 0 unspecified atom stereocenters. The molecule has 0 bridgehead atoms. The van der Waals surface area contributed by atoms with E-state index in [1.54, 1.807) is 0 Å². The molecule has 3 atom stereocenters. The Morgan fingerprint density at radius 3 is 2.65 bits per heavy atom. The van der Waals surface area contributed by atoms with Gasteiger partial charge < -0.3 is 10.1 Å². The van der Waals surface area contributed by atoms with E-state index in [0.717, 1.165) is 0 Å². The summed E-state index contributed by atoms with van der Waals surface area (Å²) in [6.45, 7) is 0.479. The molecule has 0 aliphatic carbocycles. The van der Waals surface area contributed by atoms with Crippen LogP contribution in [0.5, 0.6) is 0 Å². The molecule has 9 heteroatoms. The molecule has 1 aliphatic heterocycles. The van der Waals surface area contributed by atoms with Crippen molar-refractivity contribution in [2.45, 2.75) is 18.5 Å². The number of esters is 1. The molecule has 92 valence electrons. The third kappa shape index (κ3) is 3.53. The lowest BCUT2D eigenvalue weighted by atomic mass is 9.99. The van der Waals surface area contributed by atoms with Crippen molar-refractivity contribution in [3.63, 3.8) is 0 Å². The van der Waals surface area contributed by atoms with E-state index >= 15 is 0 Å². The molecule has 1 fully saturated rings. The van der Waals surface area contributed by atoms with E-state index in [0.29, 0.717) is 6.42 Å². The maximum atomic E-state index is 11.5. The van der Waals surface area contributed by atoms with Crippen molar-refractivity contribution in [1.29, 1.82) is 0 Å². The molecular formula is C8H13N7O2. The number of rotatable bonds is 5. The van der Waals surface area contributed by atoms with Gasteiger partial charge in [0, 0.05) is 29.0 Å². The standard InChI is InChI=1S/C8H13N7O2/c1-17-8(16)7-5(3-11-14-9)2-6(13-7)4-12-15-10/h5-7,13H,2-4H2,1H3/t5-,6+,7+/m0/s1. The van der Waals surface area contributed by atoms with E-state index < -0.39 is 12.0 Å². The van der Waals surface area contributed by atoms with Crippen molar-refractivity contribution < 1.29 is 9.53 Å². The van der Waals surface area contributed by atoms with Gasteiger partial charge in [-0.3, -0.25) is 4.79 Å². The Labute approximate surface area is 97.4 Å². The van der Waals surface area contributed by atoms with Gasteiger partial charge in [0.15, 0.2) is 0 Å². The van der Waals surface area contributed by atoms with Gasteiger partial charge in [0.2, 0.25) is 0 Å². The fourth-order valence-corrected chi connectivity index (χ4v) is 1.93. The monoisotopic (exact) mass is 239 g/mol. The molecule has 0 saturated carbocycles. The second-order valence-corrected chi connectivity index (χ2v) is 3.69. The van der Waals surface area contributed by atoms with Crippen molar-refractivity contribution in [3.05, 3.63) is 20.9 Å². The fraction of sp³-hybridized carbons (Fsp3) is 0.875. The summed E-state index contributed by atoms with van der Waals surface area (Å²) in [5.41, 5.74) is 16.5. The summed E-state index contributed by atoms with van der Waals surface area (Å²) < 4.78 is 4.66. The zero-order chi connectivity index (χ0) is 12.7. The average Bonchev–Trinajstić information content (AvgIpc) is 2.76. The summed E-state index contributed by atoms with van der Waals surface area (Å²) in [5.74, 6) is -0.524. The summed E-state index contributed by atoms with van der Waals surface area (Å²) in [5, 5.41) is 9.93. The second kappa shape index (κ2) is 6.59. The molecule has 1 rings (SSSR count). The predicted molar refractivity (Wildman–Crippen MR) is 58.9 cm³/mol. The van der Waals surface area contributed by atoms with Gasteiger partial charge >= 0.3 is 5.97 Å². The van der Waals surface area contributed by atoms with Crippen LogP contribution in [0.1, 0.15) is 6.42 Å². The van der Waals surface area contributed by atoms with Gasteiger partial charge in [-0.1, -0.05) is 10.2 Å². The normalized spacial score (nSPS) is 26.8. The van der Waals surface area contributed by atoms with Gasteiger partial charge in [0.1, 0.15) is 6.04 Å². The van der Waals surface area contributed by atoms with Crippen LogP contribution in [-0.2, 0) is 9.53 Å². The number of carbonyl (C=O) groups excluding carboxylic acids is 1. The Balaban J connectivity index is 2.67. The van der Waals surface area contributed by atoms with Gasteiger partial charge in [0.05, 0.1) is 7.11 Å². The highest BCUT2D eigenvalue weighted by Gasteiger charge is 2.37. The first-order valence-electron chi connectivity index (χ1n) is 5.08. The highest BCUT2D eigenvalue weighted by atomic mass is 16.5. The van der Waals surface area contributed by atoms with Crippen molar-refractivity contribution >= 4 is 5.97 Å². The van der Waals surface area contributed by atoms with Gasteiger partial charge in [-0.25, -0.2) is 0 Å². The molecule has 1 saturated heterocycles. The minimum absolute atomic E-state index is 0.0890. The number of nitrogens with one attached hydrogen (secondary N) is 1. The topological polar surface area (TPSA) is 136 Å². The number of hydrogen-bond donors (Lipinski definition) is 1. The summed E-state index contributed by atoms with van der Waals surface area (Å²) in [4.78, 5) is 16.8. The highest BCUT2D eigenvalue weighted by Crippen LogP contribution is 2.22. The minimum Gasteiger partial charge on any atom is -0.468 e. The van der Waals surface area contributed by atoms with E-state index in [9.17, 15) is 4.79 Å². The van der Waals surface area contributed by atoms with Gasteiger partial charge in [-0.2, -0.15) is 0 Å². The SMILES string of the molecule is COC(=O)[C@@H]1N[C@@H](CN=[N+]=[N-])C[C@H]1CN=[N+]=[N-]. The molecule has 0 spiro atoms. The van der Waals surface area contributed by atoms with Crippen molar-refractivity contribution in [2.75, 3.05) is 20.2 Å². The van der Waals surface area contributed by atoms with Crippen LogP contribution in [0.15, 0.2) is 10.2 Å². The quantitative estimate of drug-likeness (QED) is 0.333. The van der Waals surface area contributed by atoms with E-state index in [4.69, 9.17) is 11.1 Å². The van der Waals surface area contributed by atoms with Crippen molar-refractivity contribution in [1.82, 2.24) is 5.32 Å². The first-order chi connectivity index (χ1) is 8.22. The van der Waals surface area contributed by atoms with Crippen LogP contribution in [-0.4, -0.2) is 38.3 Å². The number of hydrogen-bond acceptors (Lipinski definition) is 5. The Bertz CT molecular complexity index is 372. The molecule has 0 aromatic heterocycles. The molecule has 0 amide bonds. The van der Waals surface area contributed by atoms with E-state index in [1.807, 2.05) is 0 Å². The smallest absolute Gasteiger partial charge is 0.323 e. The lowest BCUT2D eigenvalue weighted by Crippen LogP contribution is -2.40. The molecule has 0 aromatic rings.